The lowest BCUT2D eigenvalue weighted by atomic mass is 10.0. The number of hydrogen-bond acceptors (Lipinski definition) is 13. The third-order valence-corrected chi connectivity index (χ3v) is 6.02. The largest absolute Gasteiger partial charge is 0.456 e. The summed E-state index contributed by atoms with van der Waals surface area (Å²) in [7, 11) is 0. The van der Waals surface area contributed by atoms with E-state index >= 15 is 0 Å². The van der Waals surface area contributed by atoms with Crippen molar-refractivity contribution in [2.45, 2.75) is 115 Å². The molecular formula is C23H34O13. The molecule has 4 fully saturated rings. The van der Waals surface area contributed by atoms with E-state index in [4.69, 9.17) is 47.4 Å². The van der Waals surface area contributed by atoms with E-state index in [1.54, 1.807) is 27.7 Å². The topological polar surface area (TPSA) is 144 Å². The molecule has 9 atom stereocenters. The molecule has 0 N–H and O–H groups in total. The molecule has 4 aliphatic rings. The molecule has 204 valence electrons. The van der Waals surface area contributed by atoms with E-state index < -0.39 is 84.8 Å². The minimum absolute atomic E-state index is 0.175. The molecule has 4 aliphatic heterocycles. The van der Waals surface area contributed by atoms with E-state index in [1.165, 1.54) is 20.8 Å². The van der Waals surface area contributed by atoms with Crippen molar-refractivity contribution >= 4 is 17.9 Å². The Bertz CT molecular complexity index is 857. The highest BCUT2D eigenvalue weighted by molar-refractivity contribution is 5.68. The molecular weight excluding hydrogens is 484 g/mol. The molecule has 0 aromatic heterocycles. The molecule has 0 saturated carbocycles. The zero-order valence-electron chi connectivity index (χ0n) is 21.4. The number of esters is 3. The van der Waals surface area contributed by atoms with Crippen LogP contribution >= 0.6 is 0 Å². The molecule has 13 nitrogen and oxygen atoms in total. The van der Waals surface area contributed by atoms with Gasteiger partial charge in [0.15, 0.2) is 42.5 Å². The Kier molecular flexibility index (Phi) is 7.64. The summed E-state index contributed by atoms with van der Waals surface area (Å²) in [6.07, 6.45) is -8.08. The van der Waals surface area contributed by atoms with Gasteiger partial charge in [-0.2, -0.15) is 0 Å². The molecule has 0 aliphatic carbocycles. The monoisotopic (exact) mass is 518 g/mol. The molecule has 36 heavy (non-hydrogen) atoms. The van der Waals surface area contributed by atoms with Crippen molar-refractivity contribution in [1.29, 1.82) is 0 Å². The Balaban J connectivity index is 1.60. The highest BCUT2D eigenvalue weighted by atomic mass is 16.9. The summed E-state index contributed by atoms with van der Waals surface area (Å²) in [6.45, 7) is 10.7. The average Bonchev–Trinajstić information content (AvgIpc) is 3.34. The zero-order valence-corrected chi connectivity index (χ0v) is 21.4. The maximum Gasteiger partial charge on any atom is 0.303 e. The Morgan fingerprint density at radius 1 is 0.722 bits per heavy atom. The van der Waals surface area contributed by atoms with Gasteiger partial charge in [0.1, 0.15) is 24.4 Å². The molecule has 4 saturated heterocycles. The van der Waals surface area contributed by atoms with Gasteiger partial charge < -0.3 is 47.4 Å². The first kappa shape index (κ1) is 27.2. The third kappa shape index (κ3) is 5.98. The molecule has 0 bridgehead atoms. The first-order chi connectivity index (χ1) is 16.7. The van der Waals surface area contributed by atoms with Gasteiger partial charge in [-0.15, -0.1) is 0 Å². The zero-order chi connectivity index (χ0) is 26.4. The Morgan fingerprint density at radius 3 is 1.94 bits per heavy atom. The Hall–Kier alpha value is -1.87. The lowest BCUT2D eigenvalue weighted by Crippen LogP contribution is -2.60. The van der Waals surface area contributed by atoms with Crippen LogP contribution in [0.3, 0.4) is 0 Å². The van der Waals surface area contributed by atoms with Crippen LogP contribution in [-0.4, -0.2) is 98.0 Å². The number of rotatable bonds is 6. The van der Waals surface area contributed by atoms with Crippen LogP contribution in [-0.2, 0) is 61.8 Å². The molecule has 5 unspecified atom stereocenters. The van der Waals surface area contributed by atoms with Crippen molar-refractivity contribution in [3.05, 3.63) is 0 Å². The number of fused-ring (bicyclic) bond motifs is 1. The highest BCUT2D eigenvalue weighted by Crippen LogP contribution is 2.43. The smallest absolute Gasteiger partial charge is 0.303 e. The van der Waals surface area contributed by atoms with Gasteiger partial charge in [0.05, 0.1) is 13.2 Å². The summed E-state index contributed by atoms with van der Waals surface area (Å²) in [5.41, 5.74) is 0. The summed E-state index contributed by atoms with van der Waals surface area (Å²) in [4.78, 5) is 35.5. The molecule has 0 aromatic rings. The van der Waals surface area contributed by atoms with Crippen LogP contribution in [0.2, 0.25) is 0 Å². The maximum atomic E-state index is 12.0. The van der Waals surface area contributed by atoms with E-state index in [-0.39, 0.29) is 13.2 Å². The van der Waals surface area contributed by atoms with Gasteiger partial charge in [0.25, 0.3) is 0 Å². The highest BCUT2D eigenvalue weighted by Gasteiger charge is 2.61. The molecule has 0 aromatic carbocycles. The third-order valence-electron chi connectivity index (χ3n) is 6.02. The van der Waals surface area contributed by atoms with E-state index in [0.29, 0.717) is 0 Å². The van der Waals surface area contributed by atoms with E-state index in [9.17, 15) is 14.4 Å². The van der Waals surface area contributed by atoms with Crippen LogP contribution in [0.15, 0.2) is 0 Å². The van der Waals surface area contributed by atoms with Crippen molar-refractivity contribution in [2.75, 3.05) is 13.2 Å². The number of hydrogen-bond donors (Lipinski definition) is 0. The fraction of sp³-hybridized carbons (Fsp3) is 0.870. The van der Waals surface area contributed by atoms with Gasteiger partial charge in [0, 0.05) is 20.8 Å². The van der Waals surface area contributed by atoms with Gasteiger partial charge in [0.2, 0.25) is 0 Å². The van der Waals surface area contributed by atoms with Crippen molar-refractivity contribution < 1.29 is 61.8 Å². The molecule has 13 heteroatoms. The molecule has 0 spiro atoms. The predicted octanol–water partition coefficient (Wildman–Crippen LogP) is 0.551. The number of ether oxygens (including phenoxy) is 10. The number of carbonyl (C=O) groups is 3. The Morgan fingerprint density at radius 2 is 1.36 bits per heavy atom. The van der Waals surface area contributed by atoms with Gasteiger partial charge >= 0.3 is 17.9 Å². The maximum absolute atomic E-state index is 12.0. The van der Waals surface area contributed by atoms with Crippen molar-refractivity contribution in [3.63, 3.8) is 0 Å². The van der Waals surface area contributed by atoms with Crippen LogP contribution in [0.5, 0.6) is 0 Å². The second-order valence-corrected chi connectivity index (χ2v) is 10.0. The minimum atomic E-state index is -1.25. The standard InChI is InChI=1S/C23H34O13/c1-10(24)29-13-8-27-20(18(31-12(3)26)15(13)30-11(2)25)33-17-16(14-9-28-22(4,5)34-14)32-21-19(17)35-23(6,7)36-21/h13-21H,8-9H2,1-7H3/t13-,14?,15-,16?,17?,18-,19?,20-,21?/m1/s1. The summed E-state index contributed by atoms with van der Waals surface area (Å²) in [5, 5.41) is 0. The predicted molar refractivity (Wildman–Crippen MR) is 115 cm³/mol. The summed E-state index contributed by atoms with van der Waals surface area (Å²) >= 11 is 0. The lowest BCUT2D eigenvalue weighted by Gasteiger charge is -2.41. The fourth-order valence-corrected chi connectivity index (χ4v) is 4.82. The van der Waals surface area contributed by atoms with Crippen LogP contribution in [0.4, 0.5) is 0 Å². The second kappa shape index (κ2) is 10.1. The number of carbonyl (C=O) groups excluding carboxylic acids is 3. The van der Waals surface area contributed by atoms with E-state index in [2.05, 4.69) is 0 Å². The van der Waals surface area contributed by atoms with Crippen LogP contribution in [0.25, 0.3) is 0 Å². The molecule has 0 amide bonds. The molecule has 0 radical (unpaired) electrons. The summed E-state index contributed by atoms with van der Waals surface area (Å²) in [5.74, 6) is -3.71. The van der Waals surface area contributed by atoms with Crippen LogP contribution in [0.1, 0.15) is 48.5 Å². The van der Waals surface area contributed by atoms with Gasteiger partial charge in [-0.05, 0) is 27.7 Å². The fourth-order valence-electron chi connectivity index (χ4n) is 4.82. The summed E-state index contributed by atoms with van der Waals surface area (Å²) < 4.78 is 58.1. The average molecular weight is 519 g/mol. The van der Waals surface area contributed by atoms with E-state index in [1.807, 2.05) is 0 Å². The van der Waals surface area contributed by atoms with Crippen LogP contribution in [0, 0.1) is 0 Å². The normalized spacial score (nSPS) is 40.9. The van der Waals surface area contributed by atoms with Crippen molar-refractivity contribution in [2.24, 2.45) is 0 Å². The van der Waals surface area contributed by atoms with Crippen molar-refractivity contribution in [1.82, 2.24) is 0 Å². The Labute approximate surface area is 208 Å². The van der Waals surface area contributed by atoms with Gasteiger partial charge in [-0.1, -0.05) is 0 Å². The van der Waals surface area contributed by atoms with E-state index in [0.717, 1.165) is 0 Å². The molecule has 4 heterocycles. The first-order valence-electron chi connectivity index (χ1n) is 11.9. The SMILES string of the molecule is CC(=O)O[C@H]1[C@@H](OC2C(C3COC(C)(C)O3)OC3OC(C)(C)OC32)OC[C@@H](OC(C)=O)[C@H]1OC(C)=O. The minimum Gasteiger partial charge on any atom is -0.456 e. The second-order valence-electron chi connectivity index (χ2n) is 10.0. The van der Waals surface area contributed by atoms with Gasteiger partial charge in [-0.3, -0.25) is 14.4 Å². The van der Waals surface area contributed by atoms with Crippen molar-refractivity contribution in [3.8, 4) is 0 Å². The van der Waals surface area contributed by atoms with Crippen LogP contribution < -0.4 is 0 Å². The summed E-state index contributed by atoms with van der Waals surface area (Å²) in [6, 6.07) is 0. The lowest BCUT2D eigenvalue weighted by molar-refractivity contribution is -0.307. The molecule has 4 rings (SSSR count). The van der Waals surface area contributed by atoms with Gasteiger partial charge in [-0.25, -0.2) is 0 Å². The quantitative estimate of drug-likeness (QED) is 0.357. The first-order valence-corrected chi connectivity index (χ1v) is 11.9.